The first kappa shape index (κ1) is 13.5. The molecule has 0 fully saturated rings. The molecular formula is C12H19NO2. The summed E-state index contributed by atoms with van der Waals surface area (Å²) in [6.07, 6.45) is 0.980. The number of para-hydroxylation sites is 1. The number of hydrogen-bond acceptors (Lipinski definition) is 2. The molecule has 0 aliphatic heterocycles. The molecule has 0 bridgehead atoms. The molecular weight excluding hydrogens is 190 g/mol. The van der Waals surface area contributed by atoms with Crippen molar-refractivity contribution < 1.29 is 9.90 Å². The summed E-state index contributed by atoms with van der Waals surface area (Å²) in [5.41, 5.74) is 1.02. The molecule has 1 rings (SSSR count). The zero-order valence-corrected chi connectivity index (χ0v) is 9.58. The van der Waals surface area contributed by atoms with Gasteiger partial charge in [-0.05, 0) is 18.6 Å². The van der Waals surface area contributed by atoms with E-state index in [1.165, 1.54) is 0 Å². The van der Waals surface area contributed by atoms with Crippen LogP contribution >= 0.6 is 0 Å². The van der Waals surface area contributed by atoms with E-state index in [-0.39, 0.29) is 0 Å². The van der Waals surface area contributed by atoms with Crippen LogP contribution < -0.4 is 5.32 Å². The summed E-state index contributed by atoms with van der Waals surface area (Å²) in [7, 11) is 0. The molecule has 0 spiro atoms. The van der Waals surface area contributed by atoms with E-state index < -0.39 is 5.97 Å². The molecule has 0 unspecified atom stereocenters. The van der Waals surface area contributed by atoms with Crippen molar-refractivity contribution in [2.75, 3.05) is 11.9 Å². The summed E-state index contributed by atoms with van der Waals surface area (Å²) in [5.74, 6) is -0.890. The average molecular weight is 209 g/mol. The molecule has 2 N–H and O–H groups in total. The molecule has 0 amide bonds. The Labute approximate surface area is 91.1 Å². The highest BCUT2D eigenvalue weighted by molar-refractivity contribution is 5.94. The molecule has 84 valence electrons. The molecule has 0 aliphatic carbocycles. The van der Waals surface area contributed by atoms with Gasteiger partial charge in [-0.1, -0.05) is 32.9 Å². The Kier molecular flexibility index (Phi) is 7.06. The quantitative estimate of drug-likeness (QED) is 0.800. The van der Waals surface area contributed by atoms with E-state index in [9.17, 15) is 4.79 Å². The van der Waals surface area contributed by atoms with Gasteiger partial charge in [0.05, 0.1) is 5.56 Å². The average Bonchev–Trinajstić information content (AvgIpc) is 2.29. The van der Waals surface area contributed by atoms with Gasteiger partial charge in [0, 0.05) is 12.2 Å². The standard InChI is InChI=1S/C10H13NO2.C2H6/c1-2-7-11-9-6-4-3-5-8(9)10(12)13;1-2/h3-6,11H,2,7H2,1H3,(H,12,13);1-2H3. The Bertz CT molecular complexity index is 297. The maximum absolute atomic E-state index is 10.7. The zero-order valence-electron chi connectivity index (χ0n) is 9.58. The SMILES string of the molecule is CC.CCCNc1ccccc1C(=O)O. The van der Waals surface area contributed by atoms with Crippen molar-refractivity contribution in [1.82, 2.24) is 0 Å². The number of nitrogens with one attached hydrogen (secondary N) is 1. The topological polar surface area (TPSA) is 49.3 Å². The molecule has 0 radical (unpaired) electrons. The Balaban J connectivity index is 0.000000921. The van der Waals surface area contributed by atoms with Gasteiger partial charge in [-0.25, -0.2) is 4.79 Å². The van der Waals surface area contributed by atoms with E-state index in [2.05, 4.69) is 5.32 Å². The minimum atomic E-state index is -0.890. The first-order chi connectivity index (χ1) is 7.25. The van der Waals surface area contributed by atoms with Gasteiger partial charge in [-0.2, -0.15) is 0 Å². The maximum Gasteiger partial charge on any atom is 0.337 e. The predicted octanol–water partition coefficient (Wildman–Crippen LogP) is 3.23. The third kappa shape index (κ3) is 4.49. The number of rotatable bonds is 4. The molecule has 1 aromatic carbocycles. The van der Waals surface area contributed by atoms with E-state index in [1.807, 2.05) is 26.8 Å². The molecule has 0 saturated heterocycles. The largest absolute Gasteiger partial charge is 0.478 e. The number of anilines is 1. The Hall–Kier alpha value is -1.51. The fraction of sp³-hybridized carbons (Fsp3) is 0.417. The third-order valence-electron chi connectivity index (χ3n) is 1.72. The van der Waals surface area contributed by atoms with Crippen LogP contribution in [0.3, 0.4) is 0 Å². The van der Waals surface area contributed by atoms with E-state index in [4.69, 9.17) is 5.11 Å². The van der Waals surface area contributed by atoms with Crippen LogP contribution in [0.2, 0.25) is 0 Å². The summed E-state index contributed by atoms with van der Waals surface area (Å²) in [5, 5.41) is 11.9. The van der Waals surface area contributed by atoms with Crippen molar-refractivity contribution in [2.45, 2.75) is 27.2 Å². The van der Waals surface area contributed by atoms with Crippen molar-refractivity contribution >= 4 is 11.7 Å². The number of carbonyl (C=O) groups is 1. The third-order valence-corrected chi connectivity index (χ3v) is 1.72. The Morgan fingerprint density at radius 3 is 2.47 bits per heavy atom. The van der Waals surface area contributed by atoms with Gasteiger partial charge in [0.1, 0.15) is 0 Å². The fourth-order valence-corrected chi connectivity index (χ4v) is 1.08. The Morgan fingerprint density at radius 2 is 1.93 bits per heavy atom. The van der Waals surface area contributed by atoms with Crippen LogP contribution in [-0.2, 0) is 0 Å². The molecule has 0 saturated carbocycles. The van der Waals surface area contributed by atoms with Gasteiger partial charge in [0.25, 0.3) is 0 Å². The summed E-state index contributed by atoms with van der Waals surface area (Å²) >= 11 is 0. The highest BCUT2D eigenvalue weighted by atomic mass is 16.4. The van der Waals surface area contributed by atoms with Crippen molar-refractivity contribution in [2.24, 2.45) is 0 Å². The van der Waals surface area contributed by atoms with Crippen molar-refractivity contribution in [1.29, 1.82) is 0 Å². The summed E-state index contributed by atoms with van der Waals surface area (Å²) in [6.45, 7) is 6.83. The first-order valence-corrected chi connectivity index (χ1v) is 5.32. The van der Waals surface area contributed by atoms with E-state index >= 15 is 0 Å². The zero-order chi connectivity index (χ0) is 11.7. The van der Waals surface area contributed by atoms with Crippen molar-refractivity contribution in [3.8, 4) is 0 Å². The normalized spacial score (nSPS) is 8.73. The van der Waals surface area contributed by atoms with Crippen LogP contribution in [0.4, 0.5) is 5.69 Å². The van der Waals surface area contributed by atoms with Gasteiger partial charge in [-0.3, -0.25) is 0 Å². The van der Waals surface area contributed by atoms with Crippen molar-refractivity contribution in [3.63, 3.8) is 0 Å². The van der Waals surface area contributed by atoms with Crippen LogP contribution in [0, 0.1) is 0 Å². The number of carboxylic acid groups (broad SMARTS) is 1. The van der Waals surface area contributed by atoms with E-state index in [0.29, 0.717) is 11.3 Å². The predicted molar refractivity (Wildman–Crippen MR) is 63.5 cm³/mol. The van der Waals surface area contributed by atoms with Gasteiger partial charge >= 0.3 is 5.97 Å². The van der Waals surface area contributed by atoms with Crippen LogP contribution in [0.25, 0.3) is 0 Å². The highest BCUT2D eigenvalue weighted by Crippen LogP contribution is 2.14. The minimum absolute atomic E-state index is 0.330. The lowest BCUT2D eigenvalue weighted by atomic mass is 10.2. The second-order valence-electron chi connectivity index (χ2n) is 2.78. The Morgan fingerprint density at radius 1 is 1.33 bits per heavy atom. The first-order valence-electron chi connectivity index (χ1n) is 5.32. The number of carboxylic acids is 1. The lowest BCUT2D eigenvalue weighted by Gasteiger charge is -2.07. The molecule has 0 heterocycles. The molecule has 0 aliphatic rings. The minimum Gasteiger partial charge on any atom is -0.478 e. The van der Waals surface area contributed by atoms with Gasteiger partial charge in [0.2, 0.25) is 0 Å². The molecule has 3 heteroatoms. The van der Waals surface area contributed by atoms with Crippen LogP contribution in [0.15, 0.2) is 24.3 Å². The van der Waals surface area contributed by atoms with Gasteiger partial charge in [-0.15, -0.1) is 0 Å². The summed E-state index contributed by atoms with van der Waals surface area (Å²) in [6, 6.07) is 6.92. The number of benzene rings is 1. The highest BCUT2D eigenvalue weighted by Gasteiger charge is 2.06. The van der Waals surface area contributed by atoms with Crippen LogP contribution in [0.5, 0.6) is 0 Å². The lowest BCUT2D eigenvalue weighted by molar-refractivity contribution is 0.0698. The van der Waals surface area contributed by atoms with Crippen LogP contribution in [0.1, 0.15) is 37.6 Å². The van der Waals surface area contributed by atoms with Gasteiger partial charge < -0.3 is 10.4 Å². The maximum atomic E-state index is 10.7. The van der Waals surface area contributed by atoms with Crippen molar-refractivity contribution in [3.05, 3.63) is 29.8 Å². The second-order valence-corrected chi connectivity index (χ2v) is 2.78. The monoisotopic (exact) mass is 209 g/mol. The second kappa shape index (κ2) is 7.85. The molecule has 3 nitrogen and oxygen atoms in total. The van der Waals surface area contributed by atoms with Crippen LogP contribution in [-0.4, -0.2) is 17.6 Å². The number of hydrogen-bond donors (Lipinski definition) is 2. The van der Waals surface area contributed by atoms with E-state index in [1.54, 1.807) is 18.2 Å². The fourth-order valence-electron chi connectivity index (χ4n) is 1.08. The molecule has 0 atom stereocenters. The smallest absolute Gasteiger partial charge is 0.337 e. The molecule has 15 heavy (non-hydrogen) atoms. The number of aromatic carboxylic acids is 1. The molecule has 0 aromatic heterocycles. The molecule has 1 aromatic rings. The lowest BCUT2D eigenvalue weighted by Crippen LogP contribution is -2.06. The van der Waals surface area contributed by atoms with E-state index in [0.717, 1.165) is 13.0 Å². The summed E-state index contributed by atoms with van der Waals surface area (Å²) < 4.78 is 0. The summed E-state index contributed by atoms with van der Waals surface area (Å²) in [4.78, 5) is 10.7. The van der Waals surface area contributed by atoms with Gasteiger partial charge in [0.15, 0.2) is 0 Å².